The summed E-state index contributed by atoms with van der Waals surface area (Å²) in [7, 11) is 0. The zero-order valence-electron chi connectivity index (χ0n) is 14.2. The van der Waals surface area contributed by atoms with Crippen molar-refractivity contribution in [3.63, 3.8) is 0 Å². The molecule has 136 valence electrons. The van der Waals surface area contributed by atoms with Crippen molar-refractivity contribution in [3.05, 3.63) is 47.0 Å². The second-order valence-corrected chi connectivity index (χ2v) is 8.62. The van der Waals surface area contributed by atoms with Gasteiger partial charge < -0.3 is 10.2 Å². The molecule has 0 bridgehead atoms. The van der Waals surface area contributed by atoms with Crippen LogP contribution in [0.1, 0.15) is 12.1 Å². The van der Waals surface area contributed by atoms with E-state index in [-0.39, 0.29) is 17.7 Å². The fourth-order valence-corrected chi connectivity index (χ4v) is 4.71. The molecule has 1 aromatic carbocycles. The van der Waals surface area contributed by atoms with Crippen LogP contribution >= 0.6 is 34.7 Å². The number of hydrogen-bond donors (Lipinski definition) is 1. The van der Waals surface area contributed by atoms with Gasteiger partial charge in [-0.05, 0) is 31.2 Å². The molecular weight excluding hydrogens is 390 g/mol. The third kappa shape index (κ3) is 4.66. The summed E-state index contributed by atoms with van der Waals surface area (Å²) in [5.74, 6) is 0.0296. The van der Waals surface area contributed by atoms with Crippen molar-refractivity contribution in [2.75, 3.05) is 18.4 Å². The van der Waals surface area contributed by atoms with Crippen molar-refractivity contribution in [3.8, 4) is 0 Å². The highest BCUT2D eigenvalue weighted by Crippen LogP contribution is 2.36. The van der Waals surface area contributed by atoms with Gasteiger partial charge >= 0.3 is 0 Å². The van der Waals surface area contributed by atoms with Crippen LogP contribution in [0.4, 0.5) is 5.69 Å². The maximum atomic E-state index is 12.2. The van der Waals surface area contributed by atoms with E-state index in [1.165, 1.54) is 17.8 Å². The summed E-state index contributed by atoms with van der Waals surface area (Å²) in [6, 6.07) is 5.46. The Bertz CT molecular complexity index is 847. The van der Waals surface area contributed by atoms with E-state index in [4.69, 9.17) is 11.6 Å². The second kappa shape index (κ2) is 8.24. The zero-order chi connectivity index (χ0) is 18.7. The lowest BCUT2D eigenvalue weighted by molar-refractivity contribution is -0.134. The molecule has 26 heavy (non-hydrogen) atoms. The van der Waals surface area contributed by atoms with Gasteiger partial charge in [-0.25, -0.2) is 4.98 Å². The molecule has 0 saturated carbocycles. The summed E-state index contributed by atoms with van der Waals surface area (Å²) in [4.78, 5) is 30.5. The largest absolute Gasteiger partial charge is 0.338 e. The number of aryl methyl sites for hydroxylation is 1. The van der Waals surface area contributed by atoms with Gasteiger partial charge in [-0.3, -0.25) is 9.59 Å². The molecule has 1 N–H and O–H groups in total. The van der Waals surface area contributed by atoms with E-state index in [9.17, 15) is 9.59 Å². The quantitative estimate of drug-likeness (QED) is 0.728. The Labute approximate surface area is 165 Å². The average Bonchev–Trinajstić information content (AvgIpc) is 2.97. The Morgan fingerprint density at radius 3 is 2.88 bits per heavy atom. The van der Waals surface area contributed by atoms with Gasteiger partial charge in [-0.1, -0.05) is 29.9 Å². The van der Waals surface area contributed by atoms with E-state index < -0.39 is 0 Å². The molecule has 2 amide bonds. The molecule has 1 aliphatic rings. The van der Waals surface area contributed by atoms with Crippen LogP contribution in [-0.4, -0.2) is 34.8 Å². The molecule has 1 aromatic heterocycles. The van der Waals surface area contributed by atoms with E-state index in [0.717, 1.165) is 14.9 Å². The van der Waals surface area contributed by atoms with Gasteiger partial charge in [-0.2, -0.15) is 0 Å². The first-order valence-corrected chi connectivity index (χ1v) is 10.1. The highest BCUT2D eigenvalue weighted by molar-refractivity contribution is 8.01. The number of halogens is 1. The highest BCUT2D eigenvalue weighted by atomic mass is 35.5. The second-order valence-electron chi connectivity index (χ2n) is 6.07. The van der Waals surface area contributed by atoms with E-state index >= 15 is 0 Å². The molecule has 0 radical (unpaired) electrons. The molecule has 1 fully saturated rings. The smallest absolute Gasteiger partial charge is 0.245 e. The third-order valence-corrected chi connectivity index (χ3v) is 6.49. The Balaban J connectivity index is 1.52. The van der Waals surface area contributed by atoms with Crippen molar-refractivity contribution in [1.29, 1.82) is 0 Å². The standard InChI is InChI=1S/C18H18ClN3O2S2/c1-3-17(24)22-8-12(9-22)6-16(23)21-13-4-5-15(14(19)7-13)26-18-20-11(2)10-25-18/h3-5,7,10,12H,1,6,8-9H2,2H3,(H,21,23). The predicted octanol–water partition coefficient (Wildman–Crippen LogP) is 4.23. The molecule has 0 spiro atoms. The number of carbonyl (C=O) groups excluding carboxylic acids is 2. The number of nitrogens with one attached hydrogen (secondary N) is 1. The molecule has 1 aliphatic heterocycles. The van der Waals surface area contributed by atoms with Gasteiger partial charge in [0.2, 0.25) is 11.8 Å². The molecule has 2 aromatic rings. The Hall–Kier alpha value is -1.83. The van der Waals surface area contributed by atoms with Crippen molar-refractivity contribution >= 4 is 52.2 Å². The summed E-state index contributed by atoms with van der Waals surface area (Å²) < 4.78 is 0.935. The molecule has 0 atom stereocenters. The van der Waals surface area contributed by atoms with Gasteiger partial charge in [0, 0.05) is 47.1 Å². The first-order chi connectivity index (χ1) is 12.4. The predicted molar refractivity (Wildman–Crippen MR) is 106 cm³/mol. The number of aromatic nitrogens is 1. The Kier molecular flexibility index (Phi) is 6.01. The van der Waals surface area contributed by atoms with Crippen LogP contribution in [-0.2, 0) is 9.59 Å². The van der Waals surface area contributed by atoms with E-state index in [2.05, 4.69) is 16.9 Å². The van der Waals surface area contributed by atoms with Crippen LogP contribution in [0.25, 0.3) is 0 Å². The molecule has 2 heterocycles. The average molecular weight is 408 g/mol. The third-order valence-electron chi connectivity index (χ3n) is 3.93. The minimum atomic E-state index is -0.0862. The number of carbonyl (C=O) groups is 2. The normalized spacial score (nSPS) is 14.0. The fourth-order valence-electron chi connectivity index (χ4n) is 2.62. The maximum Gasteiger partial charge on any atom is 0.245 e. The number of benzene rings is 1. The summed E-state index contributed by atoms with van der Waals surface area (Å²) in [5.41, 5.74) is 1.65. The van der Waals surface area contributed by atoms with Crippen molar-refractivity contribution in [2.24, 2.45) is 5.92 Å². The highest BCUT2D eigenvalue weighted by Gasteiger charge is 2.30. The van der Waals surface area contributed by atoms with Crippen LogP contribution in [0.5, 0.6) is 0 Å². The van der Waals surface area contributed by atoms with Crippen LogP contribution < -0.4 is 5.32 Å². The molecule has 0 aliphatic carbocycles. The lowest BCUT2D eigenvalue weighted by Crippen LogP contribution is -2.50. The first kappa shape index (κ1) is 18.9. The number of nitrogens with zero attached hydrogens (tertiary/aromatic N) is 2. The van der Waals surface area contributed by atoms with Gasteiger partial charge in [0.1, 0.15) is 0 Å². The molecular formula is C18H18ClN3O2S2. The number of hydrogen-bond acceptors (Lipinski definition) is 5. The number of rotatable bonds is 6. The number of likely N-dealkylation sites (tertiary alicyclic amines) is 1. The van der Waals surface area contributed by atoms with E-state index in [0.29, 0.717) is 30.2 Å². The SMILES string of the molecule is C=CC(=O)N1CC(CC(=O)Nc2ccc(Sc3nc(C)cs3)c(Cl)c2)C1. The fraction of sp³-hybridized carbons (Fsp3) is 0.278. The van der Waals surface area contributed by atoms with Crippen LogP contribution in [0.3, 0.4) is 0 Å². The lowest BCUT2D eigenvalue weighted by atomic mass is 9.96. The summed E-state index contributed by atoms with van der Waals surface area (Å²) in [6.45, 7) is 6.61. The van der Waals surface area contributed by atoms with Crippen LogP contribution in [0, 0.1) is 12.8 Å². The zero-order valence-corrected chi connectivity index (χ0v) is 16.6. The van der Waals surface area contributed by atoms with E-state index in [1.807, 2.05) is 24.4 Å². The summed E-state index contributed by atoms with van der Waals surface area (Å²) in [6.07, 6.45) is 1.68. The number of amides is 2. The lowest BCUT2D eigenvalue weighted by Gasteiger charge is -2.38. The van der Waals surface area contributed by atoms with Crippen LogP contribution in [0.15, 0.2) is 45.5 Å². The van der Waals surface area contributed by atoms with Gasteiger partial charge in [-0.15, -0.1) is 11.3 Å². The molecule has 5 nitrogen and oxygen atoms in total. The Morgan fingerprint density at radius 1 is 1.50 bits per heavy atom. The van der Waals surface area contributed by atoms with Crippen LogP contribution in [0.2, 0.25) is 5.02 Å². The first-order valence-electron chi connectivity index (χ1n) is 8.05. The number of anilines is 1. The molecule has 8 heteroatoms. The van der Waals surface area contributed by atoms with Crippen molar-refractivity contribution in [1.82, 2.24) is 9.88 Å². The molecule has 1 saturated heterocycles. The van der Waals surface area contributed by atoms with Gasteiger partial charge in [0.05, 0.1) is 5.02 Å². The summed E-state index contributed by atoms with van der Waals surface area (Å²) in [5, 5.41) is 5.44. The molecule has 0 unspecified atom stereocenters. The van der Waals surface area contributed by atoms with Gasteiger partial charge in [0.15, 0.2) is 4.34 Å². The number of thiazole rings is 1. The van der Waals surface area contributed by atoms with E-state index in [1.54, 1.807) is 22.3 Å². The minimum absolute atomic E-state index is 0.0762. The Morgan fingerprint density at radius 2 is 2.27 bits per heavy atom. The van der Waals surface area contributed by atoms with Gasteiger partial charge in [0.25, 0.3) is 0 Å². The topological polar surface area (TPSA) is 62.3 Å². The minimum Gasteiger partial charge on any atom is -0.338 e. The maximum absolute atomic E-state index is 12.2. The molecule has 3 rings (SSSR count). The van der Waals surface area contributed by atoms with Crippen molar-refractivity contribution < 1.29 is 9.59 Å². The monoisotopic (exact) mass is 407 g/mol. The summed E-state index contributed by atoms with van der Waals surface area (Å²) >= 11 is 9.42. The van der Waals surface area contributed by atoms with Crippen molar-refractivity contribution in [2.45, 2.75) is 22.6 Å².